The van der Waals surface area contributed by atoms with Crippen LogP contribution in [0.4, 0.5) is 21.9 Å². The molecule has 1 aliphatic rings. The van der Waals surface area contributed by atoms with E-state index in [1.165, 1.54) is 0 Å². The maximum absolute atomic E-state index is 13.5. The molecule has 1 unspecified atom stereocenters. The van der Waals surface area contributed by atoms with Crippen LogP contribution in [0.1, 0.15) is 54.2 Å². The van der Waals surface area contributed by atoms with Gasteiger partial charge in [0.2, 0.25) is 0 Å². The number of anilines is 3. The Morgan fingerprint density at radius 2 is 1.60 bits per heavy atom. The van der Waals surface area contributed by atoms with Crippen LogP contribution < -0.4 is 20.9 Å². The van der Waals surface area contributed by atoms with Crippen molar-refractivity contribution < 1.29 is 9.59 Å². The number of benzene rings is 3. The van der Waals surface area contributed by atoms with Gasteiger partial charge in [-0.2, -0.15) is 0 Å². The summed E-state index contributed by atoms with van der Waals surface area (Å²) in [7, 11) is 0. The molecule has 182 valence electrons. The SMILES string of the molecule is Cc1ccccc1NC(=O)Nc1ccc(N2CCC(C)CC2)c(C(=O)NC(C)c2ccccc2)c1. The molecule has 1 heterocycles. The maximum Gasteiger partial charge on any atom is 0.323 e. The van der Waals surface area contributed by atoms with Crippen molar-refractivity contribution >= 4 is 29.0 Å². The third kappa shape index (κ3) is 6.21. The smallest absolute Gasteiger partial charge is 0.323 e. The topological polar surface area (TPSA) is 73.5 Å². The third-order valence-electron chi connectivity index (χ3n) is 6.66. The minimum absolute atomic E-state index is 0.140. The number of hydrogen-bond donors (Lipinski definition) is 3. The Labute approximate surface area is 207 Å². The van der Waals surface area contributed by atoms with E-state index >= 15 is 0 Å². The van der Waals surface area contributed by atoms with Crippen LogP contribution >= 0.6 is 0 Å². The van der Waals surface area contributed by atoms with Crippen LogP contribution in [-0.2, 0) is 0 Å². The molecule has 0 aromatic heterocycles. The molecular formula is C29H34N4O2. The standard InChI is InChI=1S/C29H34N4O2/c1-20-15-17-33(18-16-20)27-14-13-24(31-29(35)32-26-12-8-7-9-21(26)2)19-25(27)28(34)30-22(3)23-10-5-4-6-11-23/h4-14,19-20,22H,15-18H2,1-3H3,(H,30,34)(H2,31,32,35). The van der Waals surface area contributed by atoms with Crippen molar-refractivity contribution in [2.45, 2.75) is 39.7 Å². The van der Waals surface area contributed by atoms with E-state index in [4.69, 9.17) is 0 Å². The second-order valence-corrected chi connectivity index (χ2v) is 9.40. The fraction of sp³-hybridized carbons (Fsp3) is 0.310. The van der Waals surface area contributed by atoms with Gasteiger partial charge in [-0.25, -0.2) is 4.79 Å². The van der Waals surface area contributed by atoms with Crippen LogP contribution in [0.5, 0.6) is 0 Å². The molecule has 0 saturated carbocycles. The first-order chi connectivity index (χ1) is 16.9. The van der Waals surface area contributed by atoms with E-state index in [9.17, 15) is 9.59 Å². The molecule has 1 aliphatic heterocycles. The van der Waals surface area contributed by atoms with Crippen molar-refractivity contribution in [1.82, 2.24) is 5.32 Å². The molecule has 1 saturated heterocycles. The van der Waals surface area contributed by atoms with E-state index in [1.807, 2.05) is 80.6 Å². The average molecular weight is 471 g/mol. The summed E-state index contributed by atoms with van der Waals surface area (Å²) in [5, 5.41) is 8.90. The summed E-state index contributed by atoms with van der Waals surface area (Å²) < 4.78 is 0. The highest BCUT2D eigenvalue weighted by Gasteiger charge is 2.23. The van der Waals surface area contributed by atoms with E-state index in [0.29, 0.717) is 17.2 Å². The predicted octanol–water partition coefficient (Wildman–Crippen LogP) is 6.37. The van der Waals surface area contributed by atoms with Gasteiger partial charge in [-0.3, -0.25) is 4.79 Å². The lowest BCUT2D eigenvalue weighted by Crippen LogP contribution is -2.35. The van der Waals surface area contributed by atoms with Crippen molar-refractivity contribution in [3.63, 3.8) is 0 Å². The summed E-state index contributed by atoms with van der Waals surface area (Å²) in [6.45, 7) is 8.02. The summed E-state index contributed by atoms with van der Waals surface area (Å²) in [5.41, 5.74) is 4.81. The summed E-state index contributed by atoms with van der Waals surface area (Å²) in [6, 6.07) is 22.6. The van der Waals surface area contributed by atoms with E-state index in [0.717, 1.165) is 48.4 Å². The number of carbonyl (C=O) groups is 2. The van der Waals surface area contributed by atoms with Crippen LogP contribution in [0, 0.1) is 12.8 Å². The monoisotopic (exact) mass is 470 g/mol. The zero-order valence-corrected chi connectivity index (χ0v) is 20.7. The lowest BCUT2D eigenvalue weighted by atomic mass is 9.97. The van der Waals surface area contributed by atoms with Gasteiger partial charge >= 0.3 is 6.03 Å². The highest BCUT2D eigenvalue weighted by molar-refractivity contribution is 6.04. The molecule has 6 nitrogen and oxygen atoms in total. The summed E-state index contributed by atoms with van der Waals surface area (Å²) in [6.07, 6.45) is 2.20. The summed E-state index contributed by atoms with van der Waals surface area (Å²) in [4.78, 5) is 28.4. The minimum atomic E-state index is -0.345. The molecule has 6 heteroatoms. The molecule has 1 fully saturated rings. The van der Waals surface area contributed by atoms with E-state index in [-0.39, 0.29) is 18.0 Å². The van der Waals surface area contributed by atoms with Crippen molar-refractivity contribution in [2.75, 3.05) is 28.6 Å². The molecule has 1 atom stereocenters. The first-order valence-electron chi connectivity index (χ1n) is 12.3. The van der Waals surface area contributed by atoms with Crippen LogP contribution in [0.25, 0.3) is 0 Å². The van der Waals surface area contributed by atoms with Gasteiger partial charge in [0.15, 0.2) is 0 Å². The Balaban J connectivity index is 1.56. The number of nitrogens with zero attached hydrogens (tertiary/aromatic N) is 1. The zero-order valence-electron chi connectivity index (χ0n) is 20.7. The Bertz CT molecular complexity index is 1170. The molecular weight excluding hydrogens is 436 g/mol. The average Bonchev–Trinajstić information content (AvgIpc) is 2.86. The second-order valence-electron chi connectivity index (χ2n) is 9.40. The largest absolute Gasteiger partial charge is 0.371 e. The number of urea groups is 1. The number of para-hydroxylation sites is 1. The summed E-state index contributed by atoms with van der Waals surface area (Å²) in [5.74, 6) is 0.533. The summed E-state index contributed by atoms with van der Waals surface area (Å²) >= 11 is 0. The van der Waals surface area contributed by atoms with Gasteiger partial charge in [0.1, 0.15) is 0 Å². The molecule has 0 bridgehead atoms. The molecule has 3 aromatic rings. The fourth-order valence-electron chi connectivity index (χ4n) is 4.42. The molecule has 4 rings (SSSR count). The van der Waals surface area contributed by atoms with Gasteiger partial charge in [-0.15, -0.1) is 0 Å². The quantitative estimate of drug-likeness (QED) is 0.392. The lowest BCUT2D eigenvalue weighted by Gasteiger charge is -2.33. The van der Waals surface area contributed by atoms with Gasteiger partial charge in [-0.1, -0.05) is 55.5 Å². The van der Waals surface area contributed by atoms with Crippen LogP contribution in [0.2, 0.25) is 0 Å². The van der Waals surface area contributed by atoms with Crippen molar-refractivity contribution in [3.8, 4) is 0 Å². The molecule has 0 aliphatic carbocycles. The number of amides is 3. The highest BCUT2D eigenvalue weighted by atomic mass is 16.2. The maximum atomic E-state index is 13.5. The molecule has 3 amide bonds. The number of aryl methyl sites for hydroxylation is 1. The van der Waals surface area contributed by atoms with E-state index in [1.54, 1.807) is 6.07 Å². The van der Waals surface area contributed by atoms with Crippen LogP contribution in [0.3, 0.4) is 0 Å². The van der Waals surface area contributed by atoms with Gasteiger partial charge in [0.05, 0.1) is 11.6 Å². The van der Waals surface area contributed by atoms with E-state index < -0.39 is 0 Å². The molecule has 0 radical (unpaired) electrons. The van der Waals surface area contributed by atoms with Crippen molar-refractivity contribution in [3.05, 3.63) is 89.5 Å². The highest BCUT2D eigenvalue weighted by Crippen LogP contribution is 2.29. The molecule has 0 spiro atoms. The Kier molecular flexibility index (Phi) is 7.70. The molecule has 3 aromatic carbocycles. The normalized spacial score (nSPS) is 14.8. The number of hydrogen-bond acceptors (Lipinski definition) is 3. The zero-order chi connectivity index (χ0) is 24.8. The number of carbonyl (C=O) groups excluding carboxylic acids is 2. The van der Waals surface area contributed by atoms with Gasteiger partial charge in [0.25, 0.3) is 5.91 Å². The van der Waals surface area contributed by atoms with Gasteiger partial charge in [0, 0.05) is 30.2 Å². The first kappa shape index (κ1) is 24.3. The van der Waals surface area contributed by atoms with Crippen molar-refractivity contribution in [2.24, 2.45) is 5.92 Å². The van der Waals surface area contributed by atoms with Crippen LogP contribution in [0.15, 0.2) is 72.8 Å². The lowest BCUT2D eigenvalue weighted by molar-refractivity contribution is 0.0940. The fourth-order valence-corrected chi connectivity index (χ4v) is 4.42. The number of rotatable bonds is 6. The second kappa shape index (κ2) is 11.1. The van der Waals surface area contributed by atoms with Crippen molar-refractivity contribution in [1.29, 1.82) is 0 Å². The number of piperidine rings is 1. The Morgan fingerprint density at radius 3 is 2.31 bits per heavy atom. The minimum Gasteiger partial charge on any atom is -0.371 e. The first-order valence-corrected chi connectivity index (χ1v) is 12.3. The molecule has 3 N–H and O–H groups in total. The Morgan fingerprint density at radius 1 is 0.914 bits per heavy atom. The third-order valence-corrected chi connectivity index (χ3v) is 6.66. The van der Waals surface area contributed by atoms with Gasteiger partial charge in [-0.05, 0) is 68.0 Å². The Hall–Kier alpha value is -3.80. The molecule has 35 heavy (non-hydrogen) atoms. The van der Waals surface area contributed by atoms with Crippen LogP contribution in [-0.4, -0.2) is 25.0 Å². The predicted molar refractivity (Wildman–Crippen MR) is 143 cm³/mol. The van der Waals surface area contributed by atoms with Gasteiger partial charge < -0.3 is 20.9 Å². The van der Waals surface area contributed by atoms with E-state index in [2.05, 4.69) is 27.8 Å². The number of nitrogens with one attached hydrogen (secondary N) is 3.